The number of aliphatic carboxylic acids is 1. The molecule has 0 spiro atoms. The number of carboxylic acid groups (broad SMARTS) is 1. The molecule has 0 bridgehead atoms. The maximum Gasteiger partial charge on any atom is 0.341 e. The summed E-state index contributed by atoms with van der Waals surface area (Å²) in [6, 6.07) is 13.1. The Morgan fingerprint density at radius 1 is 1.07 bits per heavy atom. The normalized spacial score (nSPS) is 10.1. The molecule has 0 aromatic heterocycles. The average Bonchev–Trinajstić information content (AvgIpc) is 2.69. The minimum atomic E-state index is -1.06. The Labute approximate surface area is 157 Å². The van der Waals surface area contributed by atoms with Gasteiger partial charge >= 0.3 is 5.97 Å². The Balaban J connectivity index is 2.10. The standard InChI is InChI=1S/C20H22N2O5/c1-3-11-21-19(25)14-5-4-6-15(12-14)20(26)22(2)16-7-9-17(10-8-16)27-13-18(23)24/h4-10,12H,3,11,13H2,1-2H3,(H,21,25)(H,23,24). The number of hydrogen-bond donors (Lipinski definition) is 2. The summed E-state index contributed by atoms with van der Waals surface area (Å²) in [6.07, 6.45) is 0.833. The van der Waals surface area contributed by atoms with E-state index in [1.165, 1.54) is 4.90 Å². The molecule has 0 radical (unpaired) electrons. The van der Waals surface area contributed by atoms with Crippen LogP contribution >= 0.6 is 0 Å². The highest BCUT2D eigenvalue weighted by Crippen LogP contribution is 2.20. The summed E-state index contributed by atoms with van der Waals surface area (Å²) in [5.41, 5.74) is 1.44. The van der Waals surface area contributed by atoms with Crippen molar-refractivity contribution >= 4 is 23.5 Å². The number of carboxylic acids is 1. The Hall–Kier alpha value is -3.35. The van der Waals surface area contributed by atoms with Crippen molar-refractivity contribution in [3.05, 3.63) is 59.7 Å². The molecule has 2 aromatic rings. The molecule has 0 saturated carbocycles. The summed E-state index contributed by atoms with van der Waals surface area (Å²) >= 11 is 0. The van der Waals surface area contributed by atoms with Crippen molar-refractivity contribution in [2.75, 3.05) is 25.1 Å². The van der Waals surface area contributed by atoms with Crippen LogP contribution in [0.1, 0.15) is 34.1 Å². The van der Waals surface area contributed by atoms with Gasteiger partial charge in [-0.15, -0.1) is 0 Å². The lowest BCUT2D eigenvalue weighted by Crippen LogP contribution is -2.27. The summed E-state index contributed by atoms with van der Waals surface area (Å²) in [5, 5.41) is 11.4. The van der Waals surface area contributed by atoms with Gasteiger partial charge in [0, 0.05) is 30.4 Å². The van der Waals surface area contributed by atoms with E-state index in [4.69, 9.17) is 9.84 Å². The summed E-state index contributed by atoms with van der Waals surface area (Å²) in [7, 11) is 1.62. The molecule has 2 rings (SSSR count). The number of carbonyl (C=O) groups excluding carboxylic acids is 2. The van der Waals surface area contributed by atoms with Crippen LogP contribution in [-0.2, 0) is 4.79 Å². The van der Waals surface area contributed by atoms with Crippen LogP contribution in [0.15, 0.2) is 48.5 Å². The predicted octanol–water partition coefficient (Wildman–Crippen LogP) is 2.57. The molecule has 0 atom stereocenters. The van der Waals surface area contributed by atoms with Gasteiger partial charge in [0.05, 0.1) is 0 Å². The molecule has 2 N–H and O–H groups in total. The van der Waals surface area contributed by atoms with E-state index in [-0.39, 0.29) is 11.8 Å². The number of benzene rings is 2. The van der Waals surface area contributed by atoms with E-state index in [0.717, 1.165) is 6.42 Å². The van der Waals surface area contributed by atoms with Crippen molar-refractivity contribution in [1.82, 2.24) is 5.32 Å². The number of amides is 2. The van der Waals surface area contributed by atoms with Crippen LogP contribution in [-0.4, -0.2) is 43.1 Å². The largest absolute Gasteiger partial charge is 0.482 e. The van der Waals surface area contributed by atoms with Crippen molar-refractivity contribution < 1.29 is 24.2 Å². The Kier molecular flexibility index (Phi) is 6.93. The van der Waals surface area contributed by atoms with Gasteiger partial charge < -0.3 is 20.1 Å². The molecule has 27 heavy (non-hydrogen) atoms. The first-order chi connectivity index (χ1) is 12.9. The van der Waals surface area contributed by atoms with E-state index < -0.39 is 12.6 Å². The van der Waals surface area contributed by atoms with Crippen molar-refractivity contribution in [3.63, 3.8) is 0 Å². The SMILES string of the molecule is CCCNC(=O)c1cccc(C(=O)N(C)c2ccc(OCC(=O)O)cc2)c1. The molecule has 2 amide bonds. The lowest BCUT2D eigenvalue weighted by atomic mass is 10.1. The number of nitrogens with zero attached hydrogens (tertiary/aromatic N) is 1. The number of anilines is 1. The van der Waals surface area contributed by atoms with Crippen LogP contribution in [0.4, 0.5) is 5.69 Å². The van der Waals surface area contributed by atoms with Crippen molar-refractivity contribution in [1.29, 1.82) is 0 Å². The molecule has 0 aliphatic heterocycles. The first-order valence-electron chi connectivity index (χ1n) is 8.53. The molecular formula is C20H22N2O5. The molecule has 0 aliphatic carbocycles. The summed E-state index contributed by atoms with van der Waals surface area (Å²) in [4.78, 5) is 36.8. The van der Waals surface area contributed by atoms with Crippen LogP contribution in [0.2, 0.25) is 0 Å². The Morgan fingerprint density at radius 2 is 1.74 bits per heavy atom. The number of rotatable bonds is 8. The van der Waals surface area contributed by atoms with Gasteiger partial charge in [0.2, 0.25) is 0 Å². The summed E-state index contributed by atoms with van der Waals surface area (Å²) < 4.78 is 5.07. The first kappa shape index (κ1) is 20.0. The third kappa shape index (κ3) is 5.57. The van der Waals surface area contributed by atoms with Crippen molar-refractivity contribution in [2.24, 2.45) is 0 Å². The fourth-order valence-electron chi connectivity index (χ4n) is 2.36. The van der Waals surface area contributed by atoms with Crippen LogP contribution in [0.25, 0.3) is 0 Å². The van der Waals surface area contributed by atoms with E-state index in [2.05, 4.69) is 5.32 Å². The molecule has 0 aliphatic rings. The van der Waals surface area contributed by atoms with Crippen LogP contribution in [0.3, 0.4) is 0 Å². The quantitative estimate of drug-likeness (QED) is 0.744. The van der Waals surface area contributed by atoms with Crippen LogP contribution in [0.5, 0.6) is 5.75 Å². The predicted molar refractivity (Wildman–Crippen MR) is 101 cm³/mol. The Bertz CT molecular complexity index is 817. The fraction of sp³-hybridized carbons (Fsp3) is 0.250. The molecule has 0 fully saturated rings. The Morgan fingerprint density at radius 3 is 2.37 bits per heavy atom. The van der Waals surface area contributed by atoms with Gasteiger partial charge in [-0.3, -0.25) is 9.59 Å². The van der Waals surface area contributed by atoms with Crippen molar-refractivity contribution in [3.8, 4) is 5.75 Å². The number of carbonyl (C=O) groups is 3. The van der Waals surface area contributed by atoms with Crippen molar-refractivity contribution in [2.45, 2.75) is 13.3 Å². The van der Waals surface area contributed by atoms with Gasteiger partial charge in [-0.25, -0.2) is 4.79 Å². The highest BCUT2D eigenvalue weighted by molar-refractivity contribution is 6.07. The topological polar surface area (TPSA) is 95.9 Å². The van der Waals surface area contributed by atoms with Gasteiger partial charge in [0.15, 0.2) is 6.61 Å². The first-order valence-corrected chi connectivity index (χ1v) is 8.53. The molecular weight excluding hydrogens is 348 g/mol. The van der Waals surface area contributed by atoms with E-state index in [9.17, 15) is 14.4 Å². The summed E-state index contributed by atoms with van der Waals surface area (Å²) in [5.74, 6) is -1.14. The smallest absolute Gasteiger partial charge is 0.341 e. The highest BCUT2D eigenvalue weighted by Gasteiger charge is 2.15. The zero-order valence-electron chi connectivity index (χ0n) is 15.3. The van der Waals surface area contributed by atoms with Gasteiger partial charge in [-0.2, -0.15) is 0 Å². The number of hydrogen-bond acceptors (Lipinski definition) is 4. The number of ether oxygens (including phenoxy) is 1. The lowest BCUT2D eigenvalue weighted by Gasteiger charge is -2.18. The van der Waals surface area contributed by atoms with Gasteiger partial charge in [-0.05, 0) is 48.9 Å². The fourth-order valence-corrected chi connectivity index (χ4v) is 2.36. The molecule has 0 saturated heterocycles. The van der Waals surface area contributed by atoms with Gasteiger partial charge in [0.25, 0.3) is 11.8 Å². The minimum absolute atomic E-state index is 0.214. The van der Waals surface area contributed by atoms with Crippen LogP contribution in [0, 0.1) is 0 Å². The van der Waals surface area contributed by atoms with Gasteiger partial charge in [-0.1, -0.05) is 13.0 Å². The molecule has 2 aromatic carbocycles. The van der Waals surface area contributed by atoms with E-state index >= 15 is 0 Å². The van der Waals surface area contributed by atoms with Crippen LogP contribution < -0.4 is 15.0 Å². The molecule has 7 nitrogen and oxygen atoms in total. The second-order valence-corrected chi connectivity index (χ2v) is 5.88. The number of nitrogens with one attached hydrogen (secondary N) is 1. The minimum Gasteiger partial charge on any atom is -0.482 e. The van der Waals surface area contributed by atoms with E-state index in [1.807, 2.05) is 6.92 Å². The molecule has 0 unspecified atom stereocenters. The van der Waals surface area contributed by atoms with E-state index in [1.54, 1.807) is 55.6 Å². The maximum absolute atomic E-state index is 12.7. The monoisotopic (exact) mass is 370 g/mol. The molecule has 7 heteroatoms. The van der Waals surface area contributed by atoms with Gasteiger partial charge in [0.1, 0.15) is 5.75 Å². The molecule has 142 valence electrons. The second kappa shape index (κ2) is 9.38. The lowest BCUT2D eigenvalue weighted by molar-refractivity contribution is -0.139. The second-order valence-electron chi connectivity index (χ2n) is 5.88. The molecule has 0 heterocycles. The highest BCUT2D eigenvalue weighted by atomic mass is 16.5. The maximum atomic E-state index is 12.7. The average molecular weight is 370 g/mol. The zero-order valence-corrected chi connectivity index (χ0v) is 15.3. The summed E-state index contributed by atoms with van der Waals surface area (Å²) in [6.45, 7) is 2.11. The third-order valence-electron chi connectivity index (χ3n) is 3.80. The van der Waals surface area contributed by atoms with E-state index in [0.29, 0.717) is 29.1 Å². The zero-order chi connectivity index (χ0) is 19.8. The third-order valence-corrected chi connectivity index (χ3v) is 3.80.